The van der Waals surface area contributed by atoms with Crippen LogP contribution in [-0.2, 0) is 11.2 Å². The van der Waals surface area contributed by atoms with Crippen molar-refractivity contribution in [2.24, 2.45) is 0 Å². The normalized spacial score (nSPS) is 18.1. The molecule has 2 heterocycles. The Bertz CT molecular complexity index is 569. The zero-order chi connectivity index (χ0) is 14.9. The molecule has 0 fully saturated rings. The average Bonchev–Trinajstić information content (AvgIpc) is 2.36. The van der Waals surface area contributed by atoms with Crippen LogP contribution >= 0.6 is 0 Å². The van der Waals surface area contributed by atoms with Crippen molar-refractivity contribution in [3.05, 3.63) is 29.1 Å². The van der Waals surface area contributed by atoms with E-state index in [2.05, 4.69) is 11.1 Å². The van der Waals surface area contributed by atoms with Crippen molar-refractivity contribution in [3.8, 4) is 6.07 Å². The van der Waals surface area contributed by atoms with Crippen LogP contribution in [0.15, 0.2) is 12.3 Å². The molecule has 1 aliphatic rings. The lowest BCUT2D eigenvalue weighted by Gasteiger charge is -2.36. The number of fused-ring (bicyclic) bond motifs is 1. The zero-order valence-electron chi connectivity index (χ0n) is 12.3. The van der Waals surface area contributed by atoms with E-state index in [1.54, 1.807) is 17.2 Å². The highest BCUT2D eigenvalue weighted by Crippen LogP contribution is 2.31. The minimum atomic E-state index is -0.524. The van der Waals surface area contributed by atoms with Gasteiger partial charge in [-0.15, -0.1) is 0 Å². The van der Waals surface area contributed by atoms with Crippen molar-refractivity contribution in [1.29, 1.82) is 5.26 Å². The molecule has 0 bridgehead atoms. The molecule has 0 saturated carbocycles. The fourth-order valence-electron chi connectivity index (χ4n) is 2.43. The Morgan fingerprint density at radius 2 is 2.25 bits per heavy atom. The molecular formula is C15H19N3O2. The highest BCUT2D eigenvalue weighted by molar-refractivity contribution is 5.69. The average molecular weight is 273 g/mol. The summed E-state index contributed by atoms with van der Waals surface area (Å²) in [6.07, 6.45) is 1.95. The first-order valence-corrected chi connectivity index (χ1v) is 6.71. The van der Waals surface area contributed by atoms with Gasteiger partial charge in [-0.25, -0.2) is 4.79 Å². The van der Waals surface area contributed by atoms with Crippen LogP contribution in [0.1, 0.15) is 50.6 Å². The van der Waals surface area contributed by atoms with Gasteiger partial charge in [0.05, 0.1) is 17.7 Å². The molecule has 5 heteroatoms. The molecule has 106 valence electrons. The van der Waals surface area contributed by atoms with Crippen molar-refractivity contribution in [2.45, 2.75) is 45.8 Å². The Labute approximate surface area is 119 Å². The fraction of sp³-hybridized carbons (Fsp3) is 0.533. The quantitative estimate of drug-likeness (QED) is 0.729. The van der Waals surface area contributed by atoms with Crippen molar-refractivity contribution < 1.29 is 9.53 Å². The maximum absolute atomic E-state index is 12.2. The summed E-state index contributed by atoms with van der Waals surface area (Å²) < 4.78 is 5.42. The van der Waals surface area contributed by atoms with Gasteiger partial charge in [0.15, 0.2) is 0 Å². The van der Waals surface area contributed by atoms with Crippen LogP contribution in [0, 0.1) is 11.3 Å². The lowest BCUT2D eigenvalue weighted by Crippen LogP contribution is -2.42. The number of carbonyl (C=O) groups excluding carboxylic acids is 1. The second-order valence-corrected chi connectivity index (χ2v) is 5.93. The van der Waals surface area contributed by atoms with Crippen molar-refractivity contribution in [2.75, 3.05) is 6.54 Å². The SMILES string of the molecule is CC1c2c(C#N)ccnc2CCN1C(=O)OC(C)(C)C. The third kappa shape index (κ3) is 2.74. The molecule has 0 aromatic carbocycles. The predicted octanol–water partition coefficient (Wildman–Crippen LogP) is 2.81. The third-order valence-corrected chi connectivity index (χ3v) is 3.30. The summed E-state index contributed by atoms with van der Waals surface area (Å²) in [5, 5.41) is 9.21. The smallest absolute Gasteiger partial charge is 0.410 e. The van der Waals surface area contributed by atoms with Gasteiger partial charge in [-0.05, 0) is 33.8 Å². The van der Waals surface area contributed by atoms with Crippen LogP contribution in [0.25, 0.3) is 0 Å². The molecule has 0 aliphatic carbocycles. The van der Waals surface area contributed by atoms with Crippen molar-refractivity contribution >= 4 is 6.09 Å². The van der Waals surface area contributed by atoms with E-state index in [9.17, 15) is 10.1 Å². The van der Waals surface area contributed by atoms with E-state index in [1.807, 2.05) is 27.7 Å². The molecule has 0 spiro atoms. The van der Waals surface area contributed by atoms with Crippen LogP contribution in [0.2, 0.25) is 0 Å². The molecule has 1 unspecified atom stereocenters. The number of rotatable bonds is 0. The van der Waals surface area contributed by atoms with Gasteiger partial charge in [0.25, 0.3) is 0 Å². The topological polar surface area (TPSA) is 66.2 Å². The maximum atomic E-state index is 12.2. The van der Waals surface area contributed by atoms with E-state index in [0.717, 1.165) is 11.3 Å². The van der Waals surface area contributed by atoms with Gasteiger partial charge in [-0.1, -0.05) is 0 Å². The third-order valence-electron chi connectivity index (χ3n) is 3.30. The van der Waals surface area contributed by atoms with Gasteiger partial charge in [-0.2, -0.15) is 5.26 Å². The number of aromatic nitrogens is 1. The van der Waals surface area contributed by atoms with E-state index < -0.39 is 5.60 Å². The number of hydrogen-bond acceptors (Lipinski definition) is 4. The molecule has 20 heavy (non-hydrogen) atoms. The van der Waals surface area contributed by atoms with Crippen LogP contribution in [0.3, 0.4) is 0 Å². The number of amides is 1. The van der Waals surface area contributed by atoms with E-state index in [4.69, 9.17) is 4.74 Å². The van der Waals surface area contributed by atoms with Gasteiger partial charge in [0.1, 0.15) is 5.60 Å². The minimum Gasteiger partial charge on any atom is -0.444 e. The molecule has 1 aromatic heterocycles. The van der Waals surface area contributed by atoms with Crippen LogP contribution in [-0.4, -0.2) is 28.1 Å². The zero-order valence-corrected chi connectivity index (χ0v) is 12.3. The number of nitriles is 1. The van der Waals surface area contributed by atoms with Crippen LogP contribution < -0.4 is 0 Å². The first-order chi connectivity index (χ1) is 9.33. The van der Waals surface area contributed by atoms with E-state index in [0.29, 0.717) is 18.5 Å². The second-order valence-electron chi connectivity index (χ2n) is 5.93. The van der Waals surface area contributed by atoms with Gasteiger partial charge < -0.3 is 9.64 Å². The van der Waals surface area contributed by atoms with Gasteiger partial charge in [-0.3, -0.25) is 4.98 Å². The Morgan fingerprint density at radius 1 is 1.55 bits per heavy atom. The molecular weight excluding hydrogens is 254 g/mol. The standard InChI is InChI=1S/C15H19N3O2/c1-10-13-11(9-16)5-7-17-12(13)6-8-18(10)14(19)20-15(2,3)4/h5,7,10H,6,8H2,1-4H3. The lowest BCUT2D eigenvalue weighted by atomic mass is 9.94. The maximum Gasteiger partial charge on any atom is 0.410 e. The highest BCUT2D eigenvalue weighted by Gasteiger charge is 2.33. The number of ether oxygens (including phenoxy) is 1. The summed E-state index contributed by atoms with van der Waals surface area (Å²) >= 11 is 0. The Kier molecular flexibility index (Phi) is 3.67. The molecule has 1 amide bonds. The molecule has 5 nitrogen and oxygen atoms in total. The van der Waals surface area contributed by atoms with E-state index in [-0.39, 0.29) is 12.1 Å². The molecule has 0 saturated heterocycles. The van der Waals surface area contributed by atoms with E-state index in [1.165, 1.54) is 0 Å². The molecule has 1 aromatic rings. The largest absolute Gasteiger partial charge is 0.444 e. The van der Waals surface area contributed by atoms with Gasteiger partial charge in [0.2, 0.25) is 0 Å². The highest BCUT2D eigenvalue weighted by atomic mass is 16.6. The number of carbonyl (C=O) groups is 1. The van der Waals surface area contributed by atoms with Crippen molar-refractivity contribution in [3.63, 3.8) is 0 Å². The summed E-state index contributed by atoms with van der Waals surface area (Å²) in [7, 11) is 0. The summed E-state index contributed by atoms with van der Waals surface area (Å²) in [5.74, 6) is 0. The van der Waals surface area contributed by atoms with Crippen LogP contribution in [0.5, 0.6) is 0 Å². The first-order valence-electron chi connectivity index (χ1n) is 6.71. The number of nitrogens with zero attached hydrogens (tertiary/aromatic N) is 3. The fourth-order valence-corrected chi connectivity index (χ4v) is 2.43. The molecule has 0 radical (unpaired) electrons. The Morgan fingerprint density at radius 3 is 2.85 bits per heavy atom. The first kappa shape index (κ1) is 14.3. The van der Waals surface area contributed by atoms with Gasteiger partial charge >= 0.3 is 6.09 Å². The predicted molar refractivity (Wildman–Crippen MR) is 74.0 cm³/mol. The van der Waals surface area contributed by atoms with Gasteiger partial charge in [0, 0.05) is 30.4 Å². The van der Waals surface area contributed by atoms with Crippen molar-refractivity contribution in [1.82, 2.24) is 9.88 Å². The molecule has 0 N–H and O–H groups in total. The summed E-state index contributed by atoms with van der Waals surface area (Å²) in [6.45, 7) is 8.00. The molecule has 1 aliphatic heterocycles. The molecule has 1 atom stereocenters. The lowest BCUT2D eigenvalue weighted by molar-refractivity contribution is 0.0158. The number of hydrogen-bond donors (Lipinski definition) is 0. The monoisotopic (exact) mass is 273 g/mol. The minimum absolute atomic E-state index is 0.197. The second kappa shape index (κ2) is 5.12. The summed E-state index contributed by atoms with van der Waals surface area (Å²) in [6, 6.07) is 3.67. The summed E-state index contributed by atoms with van der Waals surface area (Å²) in [4.78, 5) is 18.2. The molecule has 2 rings (SSSR count). The Hall–Kier alpha value is -2.09. The van der Waals surface area contributed by atoms with Crippen LogP contribution in [0.4, 0.5) is 4.79 Å². The summed E-state index contributed by atoms with van der Waals surface area (Å²) in [5.41, 5.74) is 1.79. The number of pyridine rings is 1. The van der Waals surface area contributed by atoms with E-state index >= 15 is 0 Å². The Balaban J connectivity index is 2.30.